The maximum absolute atomic E-state index is 13.0. The van der Waals surface area contributed by atoms with Gasteiger partial charge in [0.1, 0.15) is 17.3 Å². The van der Waals surface area contributed by atoms with Gasteiger partial charge in [-0.25, -0.2) is 9.37 Å². The lowest BCUT2D eigenvalue weighted by atomic mass is 10.2. The number of carbonyl (C=O) groups excluding carboxylic acids is 1. The molecule has 0 unspecified atom stereocenters. The van der Waals surface area contributed by atoms with Gasteiger partial charge in [-0.3, -0.25) is 9.20 Å². The summed E-state index contributed by atoms with van der Waals surface area (Å²) in [5, 5.41) is 4.51. The molecule has 130 valence electrons. The summed E-state index contributed by atoms with van der Waals surface area (Å²) in [6.45, 7) is 0. The van der Waals surface area contributed by atoms with Crippen LogP contribution in [0.15, 0.2) is 60.1 Å². The first-order chi connectivity index (χ1) is 12.6. The smallest absolute Gasteiger partial charge is 0.273 e. The van der Waals surface area contributed by atoms with Crippen LogP contribution in [0.2, 0.25) is 0 Å². The molecule has 0 radical (unpaired) electrons. The van der Waals surface area contributed by atoms with E-state index in [4.69, 9.17) is 4.74 Å². The average molecular weight is 367 g/mol. The number of benzene rings is 2. The van der Waals surface area contributed by atoms with E-state index in [1.54, 1.807) is 16.9 Å². The third kappa shape index (κ3) is 3.04. The SMILES string of the molecule is COc1ccc(-c2cn3c(C(=O)Nc4ccc(F)cc4)csc3n2)cc1. The summed E-state index contributed by atoms with van der Waals surface area (Å²) in [5.74, 6) is 0.148. The van der Waals surface area contributed by atoms with Crippen molar-refractivity contribution >= 4 is 27.9 Å². The number of thiazole rings is 1. The number of nitrogens with zero attached hydrogens (tertiary/aromatic N) is 2. The molecule has 0 fully saturated rings. The first-order valence-corrected chi connectivity index (χ1v) is 8.70. The Morgan fingerprint density at radius 2 is 1.88 bits per heavy atom. The van der Waals surface area contributed by atoms with Crippen molar-refractivity contribution < 1.29 is 13.9 Å². The predicted molar refractivity (Wildman–Crippen MR) is 99.4 cm³/mol. The van der Waals surface area contributed by atoms with E-state index >= 15 is 0 Å². The number of fused-ring (bicyclic) bond motifs is 1. The number of ether oxygens (including phenoxy) is 1. The standard InChI is InChI=1S/C19H14FN3O2S/c1-25-15-8-2-12(3-9-15)16-10-23-17(11-26-19(23)22-16)18(24)21-14-6-4-13(20)5-7-14/h2-11H,1H3,(H,21,24). The Kier molecular flexibility index (Phi) is 4.14. The van der Waals surface area contributed by atoms with Gasteiger partial charge in [0.15, 0.2) is 4.96 Å². The molecule has 4 rings (SSSR count). The molecule has 2 aromatic carbocycles. The van der Waals surface area contributed by atoms with Crippen molar-refractivity contribution in [3.63, 3.8) is 0 Å². The van der Waals surface area contributed by atoms with Crippen LogP contribution in [0.3, 0.4) is 0 Å². The summed E-state index contributed by atoms with van der Waals surface area (Å²) in [6.07, 6.45) is 1.83. The van der Waals surface area contributed by atoms with Crippen LogP contribution >= 0.6 is 11.3 Å². The fraction of sp³-hybridized carbons (Fsp3) is 0.0526. The van der Waals surface area contributed by atoms with Crippen LogP contribution in [0.1, 0.15) is 10.5 Å². The van der Waals surface area contributed by atoms with E-state index in [0.29, 0.717) is 11.4 Å². The molecule has 1 N–H and O–H groups in total. The molecule has 0 aliphatic rings. The lowest BCUT2D eigenvalue weighted by Gasteiger charge is -2.04. The number of amides is 1. The lowest BCUT2D eigenvalue weighted by Crippen LogP contribution is -2.13. The molecular formula is C19H14FN3O2S. The second-order valence-electron chi connectivity index (χ2n) is 5.59. The monoisotopic (exact) mass is 367 g/mol. The summed E-state index contributed by atoms with van der Waals surface area (Å²) in [6, 6.07) is 13.2. The van der Waals surface area contributed by atoms with Crippen LogP contribution in [0.5, 0.6) is 5.75 Å². The number of hydrogen-bond donors (Lipinski definition) is 1. The second-order valence-corrected chi connectivity index (χ2v) is 6.43. The Morgan fingerprint density at radius 1 is 1.15 bits per heavy atom. The van der Waals surface area contributed by atoms with Gasteiger partial charge >= 0.3 is 0 Å². The molecular weight excluding hydrogens is 353 g/mol. The summed E-state index contributed by atoms with van der Waals surface area (Å²) >= 11 is 1.38. The van der Waals surface area contributed by atoms with Gasteiger partial charge in [-0.15, -0.1) is 11.3 Å². The molecule has 26 heavy (non-hydrogen) atoms. The summed E-state index contributed by atoms with van der Waals surface area (Å²) in [4.78, 5) is 17.8. The molecule has 2 heterocycles. The predicted octanol–water partition coefficient (Wildman–Crippen LogP) is 4.46. The van der Waals surface area contributed by atoms with Crippen molar-refractivity contribution in [2.75, 3.05) is 12.4 Å². The number of aromatic nitrogens is 2. The fourth-order valence-corrected chi connectivity index (χ4v) is 3.43. The zero-order chi connectivity index (χ0) is 18.1. The number of hydrogen-bond acceptors (Lipinski definition) is 4. The fourth-order valence-electron chi connectivity index (χ4n) is 2.58. The Labute approximate surface area is 152 Å². The highest BCUT2D eigenvalue weighted by atomic mass is 32.1. The van der Waals surface area contributed by atoms with Gasteiger partial charge in [0.05, 0.1) is 12.8 Å². The molecule has 0 atom stereocenters. The molecule has 0 saturated heterocycles. The van der Waals surface area contributed by atoms with E-state index in [1.165, 1.54) is 35.6 Å². The van der Waals surface area contributed by atoms with E-state index in [9.17, 15) is 9.18 Å². The third-order valence-corrected chi connectivity index (χ3v) is 4.77. The zero-order valence-corrected chi connectivity index (χ0v) is 14.6. The second kappa shape index (κ2) is 6.61. The van der Waals surface area contributed by atoms with E-state index in [1.807, 2.05) is 30.5 Å². The van der Waals surface area contributed by atoms with Gasteiger partial charge in [0.2, 0.25) is 0 Å². The van der Waals surface area contributed by atoms with Gasteiger partial charge in [0.25, 0.3) is 5.91 Å². The molecule has 0 aliphatic carbocycles. The van der Waals surface area contributed by atoms with Gasteiger partial charge in [-0.2, -0.15) is 0 Å². The van der Waals surface area contributed by atoms with E-state index in [2.05, 4.69) is 10.3 Å². The van der Waals surface area contributed by atoms with Crippen molar-refractivity contribution in [1.29, 1.82) is 0 Å². The topological polar surface area (TPSA) is 55.6 Å². The Bertz CT molecular complexity index is 1070. The van der Waals surface area contributed by atoms with E-state index in [-0.39, 0.29) is 11.7 Å². The summed E-state index contributed by atoms with van der Waals surface area (Å²) < 4.78 is 19.9. The van der Waals surface area contributed by atoms with Crippen LogP contribution < -0.4 is 10.1 Å². The quantitative estimate of drug-likeness (QED) is 0.579. The largest absolute Gasteiger partial charge is 0.497 e. The number of imidazole rings is 1. The van der Waals surface area contributed by atoms with Crippen LogP contribution in [-0.4, -0.2) is 22.4 Å². The van der Waals surface area contributed by atoms with Crippen molar-refractivity contribution in [2.24, 2.45) is 0 Å². The van der Waals surface area contributed by atoms with Gasteiger partial charge in [-0.05, 0) is 48.5 Å². The van der Waals surface area contributed by atoms with Gasteiger partial charge in [-0.1, -0.05) is 0 Å². The highest BCUT2D eigenvalue weighted by molar-refractivity contribution is 7.15. The van der Waals surface area contributed by atoms with Gasteiger partial charge in [0, 0.05) is 22.8 Å². The number of halogens is 1. The van der Waals surface area contributed by atoms with Crippen LogP contribution in [0, 0.1) is 5.82 Å². The Hall–Kier alpha value is -3.19. The minimum Gasteiger partial charge on any atom is -0.497 e. The molecule has 4 aromatic rings. The average Bonchev–Trinajstić information content (AvgIpc) is 3.24. The Balaban J connectivity index is 1.62. The first-order valence-electron chi connectivity index (χ1n) is 7.82. The van der Waals surface area contributed by atoms with Crippen LogP contribution in [-0.2, 0) is 0 Å². The molecule has 7 heteroatoms. The van der Waals surface area contributed by atoms with Crippen LogP contribution in [0.25, 0.3) is 16.2 Å². The minimum absolute atomic E-state index is 0.276. The third-order valence-electron chi connectivity index (χ3n) is 3.93. The normalized spacial score (nSPS) is 10.8. The number of nitrogens with one attached hydrogen (secondary N) is 1. The van der Waals surface area contributed by atoms with Crippen molar-refractivity contribution in [1.82, 2.24) is 9.38 Å². The summed E-state index contributed by atoms with van der Waals surface area (Å²) in [5.41, 5.74) is 2.72. The first kappa shape index (κ1) is 16.3. The molecule has 0 saturated carbocycles. The lowest BCUT2D eigenvalue weighted by molar-refractivity contribution is 0.102. The molecule has 2 aromatic heterocycles. The summed E-state index contributed by atoms with van der Waals surface area (Å²) in [7, 11) is 1.62. The number of carbonyl (C=O) groups is 1. The molecule has 1 amide bonds. The molecule has 5 nitrogen and oxygen atoms in total. The van der Waals surface area contributed by atoms with Crippen LogP contribution in [0.4, 0.5) is 10.1 Å². The minimum atomic E-state index is -0.348. The number of anilines is 1. The zero-order valence-electron chi connectivity index (χ0n) is 13.8. The van der Waals surface area contributed by atoms with Crippen molar-refractivity contribution in [3.8, 4) is 17.0 Å². The van der Waals surface area contributed by atoms with Crippen molar-refractivity contribution in [2.45, 2.75) is 0 Å². The maximum Gasteiger partial charge on any atom is 0.273 e. The molecule has 0 bridgehead atoms. The Morgan fingerprint density at radius 3 is 2.58 bits per heavy atom. The molecule has 0 spiro atoms. The number of methoxy groups -OCH3 is 1. The maximum atomic E-state index is 13.0. The van der Waals surface area contributed by atoms with E-state index in [0.717, 1.165) is 22.0 Å². The highest BCUT2D eigenvalue weighted by Crippen LogP contribution is 2.25. The molecule has 0 aliphatic heterocycles. The number of rotatable bonds is 4. The van der Waals surface area contributed by atoms with E-state index < -0.39 is 0 Å². The van der Waals surface area contributed by atoms with Crippen molar-refractivity contribution in [3.05, 3.63) is 71.6 Å². The highest BCUT2D eigenvalue weighted by Gasteiger charge is 2.15. The van der Waals surface area contributed by atoms with Gasteiger partial charge < -0.3 is 10.1 Å².